The molecule has 3 aromatic rings. The van der Waals surface area contributed by atoms with Gasteiger partial charge in [-0.05, 0) is 115 Å². The quantitative estimate of drug-likeness (QED) is 0.0168. The second-order valence-electron chi connectivity index (χ2n) is 31.4. The summed E-state index contributed by atoms with van der Waals surface area (Å²) in [5.74, 6) is -18.1. The highest BCUT2D eigenvalue weighted by atomic mass is 16.6. The van der Waals surface area contributed by atoms with Crippen LogP contribution in [0.3, 0.4) is 0 Å². The Morgan fingerprint density at radius 2 is 1.21 bits per heavy atom. The summed E-state index contributed by atoms with van der Waals surface area (Å²) in [5, 5.41) is 72.5. The van der Waals surface area contributed by atoms with Crippen LogP contribution in [-0.4, -0.2) is 224 Å². The fourth-order valence-electron chi connectivity index (χ4n) is 12.7. The number of nitrogens with one attached hydrogen (secondary N) is 11. The van der Waals surface area contributed by atoms with Crippen LogP contribution in [0.5, 0.6) is 0 Å². The van der Waals surface area contributed by atoms with E-state index < -0.39 is 216 Å². The van der Waals surface area contributed by atoms with Crippen molar-refractivity contribution in [3.05, 3.63) is 71.9 Å². The predicted molar refractivity (Wildman–Crippen MR) is 411 cm³/mol. The molecule has 626 valence electrons. The number of hydrogen-bond acceptors (Lipinski definition) is 22. The summed E-state index contributed by atoms with van der Waals surface area (Å²) >= 11 is 0. The number of aliphatic hydroxyl groups excluding tert-OH is 4. The summed E-state index contributed by atoms with van der Waals surface area (Å²) in [6, 6.07) is -5.92. The number of cyclic esters (lactones) is 1. The van der Waals surface area contributed by atoms with Gasteiger partial charge in [0.2, 0.25) is 65.0 Å². The second kappa shape index (κ2) is 42.9. The normalized spacial score (nSPS) is 23.2. The number of aromatic nitrogens is 1. The third kappa shape index (κ3) is 28.9. The van der Waals surface area contributed by atoms with Crippen LogP contribution in [0.2, 0.25) is 0 Å². The Morgan fingerprint density at radius 3 is 1.80 bits per heavy atom. The summed E-state index contributed by atoms with van der Waals surface area (Å²) in [4.78, 5) is 208. The van der Waals surface area contributed by atoms with Crippen LogP contribution >= 0.6 is 0 Å². The first-order chi connectivity index (χ1) is 52.9. The molecule has 2 aromatic carbocycles. The summed E-state index contributed by atoms with van der Waals surface area (Å²) < 4.78 is 18.7. The van der Waals surface area contributed by atoms with Crippen molar-refractivity contribution in [3.8, 4) is 0 Å². The number of aliphatic imine (C=N–C) groups is 1. The number of guanidine groups is 1. The molecule has 1 saturated carbocycles. The molecule has 21 N–H and O–H groups in total. The van der Waals surface area contributed by atoms with Gasteiger partial charge in [-0.15, -0.1) is 0 Å². The highest BCUT2D eigenvalue weighted by Crippen LogP contribution is 2.30. The lowest BCUT2D eigenvalue weighted by atomic mass is 9.84. The number of primary amides is 1. The molecule has 37 nitrogen and oxygen atoms in total. The molecule has 2 aliphatic rings. The van der Waals surface area contributed by atoms with Gasteiger partial charge < -0.3 is 110 Å². The van der Waals surface area contributed by atoms with Crippen LogP contribution < -0.4 is 75.7 Å². The topological polar surface area (TPSA) is 575 Å². The number of carbonyl (C=O) groups is 14. The number of benzene rings is 2. The van der Waals surface area contributed by atoms with Crippen LogP contribution in [0, 0.1) is 23.7 Å². The van der Waals surface area contributed by atoms with Crippen molar-refractivity contribution >= 4 is 100.0 Å². The standard InChI is InChI=1S/C76H116N16O21/c1-14-40(6)53-67(104)89-54(41(7)94)66(103)81-35-52(95)87-56(59(97)61(77)98)69(106)85-50(37-93)71(108)111-60(43-26-19-16-20-27-43)57(70(107)90-55(58(96)39(4)5)68(105)84-47(32-38(2)3)63(100)82-46(62(99)88-53)29-23-31-80-72(78)79)91-65(102)49(34-44-36-92(74(110)113-76(11,12)13)51-30-22-21-28-45(44)51)83-64(101)48(33-42-24-17-15-18-25-42)86-73(109)112-75(8,9)10/h16,19-22,26-28,30,36,38-42,46-50,53-60,93-94,96-97H,14-15,17-18,23-25,29,31-35,37H2,1-13H3,(H2,77,98)(H,81,103)(H,82,100)(H,83,101)(H,84,105)(H,85,106)(H,86,109)(H,87,95)(H,88,99)(H,89,104)(H,90,107)(H,91,102)(H4,78,79,80)/t40-,41-,46+,47-,48-,49-,50-,53-,54-,55-,56-,57-,58+,59-,60+/m0/s1. The monoisotopic (exact) mass is 1590 g/mol. The number of fused-ring (bicyclic) bond motifs is 1. The Balaban J connectivity index is 1.82. The van der Waals surface area contributed by atoms with Gasteiger partial charge in [0.05, 0.1) is 30.9 Å². The van der Waals surface area contributed by atoms with E-state index in [1.54, 1.807) is 93.5 Å². The molecule has 0 bridgehead atoms. The molecule has 37 heteroatoms. The van der Waals surface area contributed by atoms with Crippen molar-refractivity contribution in [1.29, 1.82) is 0 Å². The summed E-state index contributed by atoms with van der Waals surface area (Å²) in [6.07, 6.45) is -5.83. The molecular weight excluding hydrogens is 1470 g/mol. The first-order valence-electron chi connectivity index (χ1n) is 38.0. The van der Waals surface area contributed by atoms with Crippen LogP contribution in [0.1, 0.15) is 171 Å². The molecule has 12 amide bonds. The zero-order valence-corrected chi connectivity index (χ0v) is 66.4. The number of para-hydroxylation sites is 1. The maximum atomic E-state index is 16.1. The average molecular weight is 1590 g/mol. The fourth-order valence-corrected chi connectivity index (χ4v) is 12.7. The van der Waals surface area contributed by atoms with Gasteiger partial charge in [-0.3, -0.25) is 62.3 Å². The molecule has 0 unspecified atom stereocenters. The largest absolute Gasteiger partial charge is 0.453 e. The number of esters is 1. The number of alkyl carbamates (subject to hydrolysis) is 1. The van der Waals surface area contributed by atoms with Crippen molar-refractivity contribution in [3.63, 3.8) is 0 Å². The second-order valence-corrected chi connectivity index (χ2v) is 31.4. The minimum Gasteiger partial charge on any atom is -0.453 e. The number of nitrogens with two attached hydrogens (primary N) is 3. The van der Waals surface area contributed by atoms with Crippen molar-refractivity contribution in [2.75, 3.05) is 19.7 Å². The lowest BCUT2D eigenvalue weighted by molar-refractivity contribution is -0.159. The average Bonchev–Trinajstić information content (AvgIpc) is 1.65. The molecule has 1 aromatic heterocycles. The van der Waals surface area contributed by atoms with Gasteiger partial charge in [0.15, 0.2) is 24.2 Å². The Bertz CT molecular complexity index is 3850. The Kier molecular flexibility index (Phi) is 35.4. The highest BCUT2D eigenvalue weighted by molar-refractivity contribution is 6.01. The molecule has 2 heterocycles. The SMILES string of the molecule is CC[C@H](C)[C@@H]1NC(=O)[C@@H](CCCN=C(N)N)NC(=O)[C@H](CC(C)C)NC(=O)[C@H]([C@H](O)C(C)C)NC(=O)[C@@H](NC(=O)[C@H](Cc2cn(C(=O)OC(C)(C)C)c3ccccc23)NC(=O)[C@H](CC2CCCCC2)NC(=O)OC(C)(C)C)[C@@H](c2ccccc2)OC(=O)[C@H](CO)NC(=O)[C@H]([C@H](O)C(N)=O)NC(=O)CNC(=O)[C@H]([C@H](C)O)NC1=O. The maximum Gasteiger partial charge on any atom is 0.419 e. The summed E-state index contributed by atoms with van der Waals surface area (Å²) in [5.41, 5.74) is 14.9. The lowest BCUT2D eigenvalue weighted by Crippen LogP contribution is -2.64. The Hall–Kier alpha value is -10.5. The number of rotatable bonds is 24. The molecule has 5 rings (SSSR count). The van der Waals surface area contributed by atoms with Crippen molar-refractivity contribution in [2.24, 2.45) is 45.9 Å². The van der Waals surface area contributed by atoms with Crippen LogP contribution in [-0.2, 0) is 78.2 Å². The molecule has 1 saturated heterocycles. The minimum absolute atomic E-state index is 0.00660. The maximum absolute atomic E-state index is 16.1. The van der Waals surface area contributed by atoms with E-state index in [-0.39, 0.29) is 67.2 Å². The van der Waals surface area contributed by atoms with E-state index in [0.29, 0.717) is 18.2 Å². The molecule has 0 spiro atoms. The van der Waals surface area contributed by atoms with Gasteiger partial charge in [0, 0.05) is 24.5 Å². The molecule has 15 atom stereocenters. The van der Waals surface area contributed by atoms with Crippen molar-refractivity contribution in [1.82, 2.24) is 63.1 Å². The van der Waals surface area contributed by atoms with Crippen LogP contribution in [0.4, 0.5) is 9.59 Å². The van der Waals surface area contributed by atoms with E-state index >= 15 is 24.0 Å². The van der Waals surface area contributed by atoms with E-state index in [9.17, 15) is 63.6 Å². The highest BCUT2D eigenvalue weighted by Gasteiger charge is 2.45. The van der Waals surface area contributed by atoms with Crippen molar-refractivity contribution in [2.45, 2.75) is 257 Å². The molecule has 2 fully saturated rings. The molecule has 0 radical (unpaired) electrons. The summed E-state index contributed by atoms with van der Waals surface area (Å²) in [6.45, 7) is 17.7. The predicted octanol–water partition coefficient (Wildman–Crippen LogP) is -1.01. The van der Waals surface area contributed by atoms with E-state index in [4.69, 9.17) is 31.4 Å². The van der Waals surface area contributed by atoms with E-state index in [2.05, 4.69) is 58.2 Å². The van der Waals surface area contributed by atoms with Crippen LogP contribution in [0.25, 0.3) is 10.9 Å². The van der Waals surface area contributed by atoms with Crippen LogP contribution in [0.15, 0.2) is 65.8 Å². The number of ether oxygens (including phenoxy) is 3. The van der Waals surface area contributed by atoms with E-state index in [1.807, 2.05) is 5.32 Å². The number of nitrogens with zero attached hydrogens (tertiary/aromatic N) is 2. The third-order valence-corrected chi connectivity index (χ3v) is 18.8. The van der Waals surface area contributed by atoms with E-state index in [1.165, 1.54) is 54.9 Å². The smallest absolute Gasteiger partial charge is 0.419 e. The van der Waals surface area contributed by atoms with Gasteiger partial charge in [-0.25, -0.2) is 14.4 Å². The Labute approximate surface area is 656 Å². The summed E-state index contributed by atoms with van der Waals surface area (Å²) in [7, 11) is 0. The van der Waals surface area contributed by atoms with Gasteiger partial charge in [0.1, 0.15) is 65.6 Å². The first-order valence-corrected chi connectivity index (χ1v) is 38.0. The van der Waals surface area contributed by atoms with Gasteiger partial charge in [-0.2, -0.15) is 0 Å². The van der Waals surface area contributed by atoms with Gasteiger partial charge >= 0.3 is 18.2 Å². The Morgan fingerprint density at radius 1 is 0.637 bits per heavy atom. The fraction of sp³-hybridized carbons (Fsp3) is 0.618. The minimum atomic E-state index is -2.64. The zero-order valence-electron chi connectivity index (χ0n) is 66.4. The number of amides is 12. The van der Waals surface area contributed by atoms with E-state index in [0.717, 1.165) is 26.2 Å². The van der Waals surface area contributed by atoms with Gasteiger partial charge in [-0.1, -0.05) is 129 Å². The molecular formula is C76H116N16O21. The molecule has 113 heavy (non-hydrogen) atoms. The number of carbonyl (C=O) groups excluding carboxylic acids is 14. The number of hydrogen-bond donors (Lipinski definition) is 18. The molecule has 1 aliphatic carbocycles. The lowest BCUT2D eigenvalue weighted by Gasteiger charge is -2.34. The van der Waals surface area contributed by atoms with Crippen molar-refractivity contribution < 1.29 is 102 Å². The van der Waals surface area contributed by atoms with Gasteiger partial charge in [0.25, 0.3) is 0 Å². The zero-order chi connectivity index (χ0) is 84.5. The third-order valence-electron chi connectivity index (χ3n) is 18.8. The first kappa shape index (κ1) is 93.1. The molecule has 1 aliphatic heterocycles. The number of aliphatic hydroxyl groups is 4.